The number of aliphatic hydroxyl groups is 1. The van der Waals surface area contributed by atoms with Crippen molar-refractivity contribution in [3.8, 4) is 0 Å². The quantitative estimate of drug-likeness (QED) is 0.177. The van der Waals surface area contributed by atoms with Crippen LogP contribution in [0.4, 0.5) is 0 Å². The predicted octanol–water partition coefficient (Wildman–Crippen LogP) is 5.10. The molecule has 0 aliphatic carbocycles. The first kappa shape index (κ1) is 38.8. The third-order valence-corrected chi connectivity index (χ3v) is 9.98. The molecular weight excluding hydrogens is 706 g/mol. The lowest BCUT2D eigenvalue weighted by atomic mass is 9.90. The number of rotatable bonds is 13. The van der Waals surface area contributed by atoms with Crippen LogP contribution in [0, 0.1) is 5.92 Å². The third kappa shape index (κ3) is 9.66. The van der Waals surface area contributed by atoms with Gasteiger partial charge in [-0.25, -0.2) is 4.79 Å². The average Bonchev–Trinajstić information content (AvgIpc) is 3.22. The Labute approximate surface area is 320 Å². The van der Waals surface area contributed by atoms with E-state index in [0.717, 1.165) is 16.7 Å². The van der Waals surface area contributed by atoms with E-state index in [4.69, 9.17) is 37.9 Å². The molecule has 0 radical (unpaired) electrons. The molecule has 2 N–H and O–H groups in total. The highest BCUT2D eigenvalue weighted by Gasteiger charge is 2.53. The molecule has 0 bridgehead atoms. The van der Waals surface area contributed by atoms with Gasteiger partial charge in [-0.15, -0.1) is 0 Å². The summed E-state index contributed by atoms with van der Waals surface area (Å²) in [6.45, 7) is 3.43. The molecule has 4 aromatic rings. The Morgan fingerprint density at radius 2 is 1.35 bits per heavy atom. The number of ether oxygens (including phenoxy) is 8. The summed E-state index contributed by atoms with van der Waals surface area (Å²) in [5.74, 6) is -1.49. The fraction of sp³-hybridized carbons (Fsp3) is 0.395. The minimum absolute atomic E-state index is 0.144. The van der Waals surface area contributed by atoms with Gasteiger partial charge in [-0.1, -0.05) is 116 Å². The zero-order valence-electron chi connectivity index (χ0n) is 30.8. The smallest absolute Gasteiger partial charge is 0.338 e. The summed E-state index contributed by atoms with van der Waals surface area (Å²) in [7, 11) is 0. The van der Waals surface area contributed by atoms with Crippen molar-refractivity contribution in [2.75, 3.05) is 13.2 Å². The average molecular weight is 754 g/mol. The van der Waals surface area contributed by atoms with Crippen LogP contribution in [0.1, 0.15) is 47.2 Å². The first-order valence-electron chi connectivity index (χ1n) is 18.6. The van der Waals surface area contributed by atoms with Gasteiger partial charge in [-0.2, -0.15) is 0 Å². The molecule has 0 spiro atoms. The Morgan fingerprint density at radius 3 is 1.98 bits per heavy atom. The second kappa shape index (κ2) is 18.4. The Kier molecular flexibility index (Phi) is 13.0. The monoisotopic (exact) mass is 753 g/mol. The van der Waals surface area contributed by atoms with Crippen LogP contribution in [-0.4, -0.2) is 85.4 Å². The highest BCUT2D eigenvalue weighted by molar-refractivity contribution is 5.89. The van der Waals surface area contributed by atoms with Crippen molar-refractivity contribution >= 4 is 11.9 Å². The summed E-state index contributed by atoms with van der Waals surface area (Å²) in [5, 5.41) is 14.7. The van der Waals surface area contributed by atoms with Crippen LogP contribution >= 0.6 is 0 Å². The van der Waals surface area contributed by atoms with Crippen molar-refractivity contribution in [2.24, 2.45) is 5.92 Å². The summed E-state index contributed by atoms with van der Waals surface area (Å²) in [4.78, 5) is 26.0. The summed E-state index contributed by atoms with van der Waals surface area (Å²) < 4.78 is 51.1. The molecule has 11 atom stereocenters. The van der Waals surface area contributed by atoms with Crippen LogP contribution < -0.4 is 5.32 Å². The van der Waals surface area contributed by atoms with E-state index in [9.17, 15) is 14.7 Å². The Morgan fingerprint density at radius 1 is 0.745 bits per heavy atom. The molecule has 12 nitrogen and oxygen atoms in total. The lowest BCUT2D eigenvalue weighted by Crippen LogP contribution is -2.67. The van der Waals surface area contributed by atoms with Gasteiger partial charge in [-0.3, -0.25) is 4.79 Å². The molecule has 3 saturated heterocycles. The largest absolute Gasteiger partial charge is 0.459 e. The van der Waals surface area contributed by atoms with Crippen LogP contribution in [0.15, 0.2) is 121 Å². The van der Waals surface area contributed by atoms with E-state index in [1.54, 1.807) is 24.3 Å². The molecule has 0 saturated carbocycles. The van der Waals surface area contributed by atoms with Gasteiger partial charge in [-0.05, 0) is 23.3 Å². The van der Waals surface area contributed by atoms with Crippen LogP contribution in [0.3, 0.4) is 0 Å². The van der Waals surface area contributed by atoms with Gasteiger partial charge in [0.1, 0.15) is 43.2 Å². The molecule has 7 rings (SSSR count). The Balaban J connectivity index is 1.18. The Bertz CT molecular complexity index is 1800. The first-order valence-corrected chi connectivity index (χ1v) is 18.6. The maximum atomic E-state index is 13.2. The summed E-state index contributed by atoms with van der Waals surface area (Å²) in [5.41, 5.74) is 2.97. The van der Waals surface area contributed by atoms with E-state index >= 15 is 0 Å². The molecule has 4 aromatic carbocycles. The molecule has 55 heavy (non-hydrogen) atoms. The lowest BCUT2D eigenvalue weighted by molar-refractivity contribution is -0.375. The van der Waals surface area contributed by atoms with E-state index in [2.05, 4.69) is 5.32 Å². The van der Waals surface area contributed by atoms with E-state index in [1.807, 2.05) is 104 Å². The number of aliphatic hydroxyl groups excluding tert-OH is 1. The molecule has 3 heterocycles. The van der Waals surface area contributed by atoms with Crippen molar-refractivity contribution in [1.82, 2.24) is 5.32 Å². The number of hydrogen-bond acceptors (Lipinski definition) is 11. The highest BCUT2D eigenvalue weighted by atomic mass is 16.8. The van der Waals surface area contributed by atoms with Crippen molar-refractivity contribution in [3.63, 3.8) is 0 Å². The van der Waals surface area contributed by atoms with Crippen molar-refractivity contribution in [1.29, 1.82) is 0 Å². The highest BCUT2D eigenvalue weighted by Crippen LogP contribution is 2.39. The summed E-state index contributed by atoms with van der Waals surface area (Å²) in [6.07, 6.45) is -7.92. The number of fused-ring (bicyclic) bond motifs is 1. The third-order valence-electron chi connectivity index (χ3n) is 9.98. The number of hydrogen-bond donors (Lipinski definition) is 2. The van der Waals surface area contributed by atoms with E-state index in [1.165, 1.54) is 6.92 Å². The van der Waals surface area contributed by atoms with Gasteiger partial charge < -0.3 is 48.3 Å². The fourth-order valence-corrected chi connectivity index (χ4v) is 7.08. The van der Waals surface area contributed by atoms with Gasteiger partial charge in [0.15, 0.2) is 18.9 Å². The number of esters is 1. The van der Waals surface area contributed by atoms with Crippen molar-refractivity contribution < 1.29 is 52.6 Å². The zero-order chi connectivity index (χ0) is 38.1. The Hall–Kier alpha value is -4.50. The van der Waals surface area contributed by atoms with Gasteiger partial charge >= 0.3 is 5.97 Å². The summed E-state index contributed by atoms with van der Waals surface area (Å²) >= 11 is 0. The fourth-order valence-electron chi connectivity index (χ4n) is 7.08. The molecule has 3 aliphatic rings. The second-order valence-corrected chi connectivity index (χ2v) is 14.0. The minimum Gasteiger partial charge on any atom is -0.459 e. The molecule has 290 valence electrons. The van der Waals surface area contributed by atoms with Gasteiger partial charge in [0.05, 0.1) is 31.5 Å². The molecule has 12 heteroatoms. The number of carbonyl (C=O) groups is 2. The van der Waals surface area contributed by atoms with E-state index < -0.39 is 73.4 Å². The molecular formula is C43H47NO11. The van der Waals surface area contributed by atoms with Crippen LogP contribution in [0.2, 0.25) is 0 Å². The van der Waals surface area contributed by atoms with Crippen molar-refractivity contribution in [2.45, 2.75) is 88.6 Å². The van der Waals surface area contributed by atoms with Crippen LogP contribution in [0.25, 0.3) is 0 Å². The van der Waals surface area contributed by atoms with E-state index in [-0.39, 0.29) is 32.3 Å². The SMILES string of the molecule is CC(=O)NC1C(OCc2ccccc2)[C@H](O[C@@H]2OC3COC(c4ccccc4)O[C@@H]3[C@H](O)C2C)[C@H](COC(=O)c2ccccc2)O[C@@H]1OCc1ccccc1. The summed E-state index contributed by atoms with van der Waals surface area (Å²) in [6, 6.07) is 36.4. The molecule has 5 unspecified atom stereocenters. The molecule has 0 aromatic heterocycles. The second-order valence-electron chi connectivity index (χ2n) is 14.0. The van der Waals surface area contributed by atoms with Crippen LogP contribution in [-0.2, 0) is 55.9 Å². The molecule has 3 fully saturated rings. The van der Waals surface area contributed by atoms with E-state index in [0.29, 0.717) is 5.56 Å². The standard InChI is InChI=1S/C43H47NO11/c1-27-36(46)37-33(26-51-42(54-37)32-21-13-6-14-22-32)52-41(27)55-38-34(25-49-40(47)31-19-11-5-12-20-31)53-43(50-24-30-17-9-4-10-18-30)35(44-28(2)45)39(38)48-23-29-15-7-3-8-16-29/h3-22,27,33-39,41-43,46H,23-26H2,1-2H3,(H,44,45)/t27?,33?,34-,35?,36+,37-,38+,39?,41-,42?,43-/m0/s1. The topological polar surface area (TPSA) is 140 Å². The molecule has 1 amide bonds. The maximum Gasteiger partial charge on any atom is 0.338 e. The normalized spacial score (nSPS) is 30.5. The van der Waals surface area contributed by atoms with Gasteiger partial charge in [0.25, 0.3) is 0 Å². The molecule has 3 aliphatic heterocycles. The number of benzene rings is 4. The minimum atomic E-state index is -1.04. The van der Waals surface area contributed by atoms with Crippen molar-refractivity contribution in [3.05, 3.63) is 144 Å². The first-order chi connectivity index (χ1) is 26.8. The van der Waals surface area contributed by atoms with Crippen LogP contribution in [0.5, 0.6) is 0 Å². The number of amides is 1. The predicted molar refractivity (Wildman–Crippen MR) is 198 cm³/mol. The maximum absolute atomic E-state index is 13.2. The lowest BCUT2D eigenvalue weighted by Gasteiger charge is -2.50. The van der Waals surface area contributed by atoms with Gasteiger partial charge in [0, 0.05) is 18.4 Å². The van der Waals surface area contributed by atoms with Gasteiger partial charge in [0.2, 0.25) is 5.91 Å². The zero-order valence-corrected chi connectivity index (χ0v) is 30.8. The number of nitrogens with one attached hydrogen (secondary N) is 1. The number of carbonyl (C=O) groups excluding carboxylic acids is 2.